The normalized spacial score (nSPS) is 10.7. The lowest BCUT2D eigenvalue weighted by molar-refractivity contribution is -0.115. The predicted molar refractivity (Wildman–Crippen MR) is 94.5 cm³/mol. The van der Waals surface area contributed by atoms with Gasteiger partial charge in [0, 0.05) is 7.05 Å². The molecule has 0 saturated carbocycles. The van der Waals surface area contributed by atoms with E-state index in [0.29, 0.717) is 11.3 Å². The van der Waals surface area contributed by atoms with E-state index in [-0.39, 0.29) is 29.4 Å². The van der Waals surface area contributed by atoms with Crippen LogP contribution >= 0.6 is 0 Å². The van der Waals surface area contributed by atoms with Crippen molar-refractivity contribution in [2.75, 3.05) is 5.32 Å². The summed E-state index contributed by atoms with van der Waals surface area (Å²) in [6.45, 7) is 1.77. The predicted octanol–water partition coefficient (Wildman–Crippen LogP) is 2.80. The van der Waals surface area contributed by atoms with Crippen molar-refractivity contribution in [1.82, 2.24) is 9.36 Å². The molecule has 6 heteroatoms. The minimum Gasteiger partial charge on any atom is -0.320 e. The molecule has 0 aliphatic rings. The number of para-hydroxylation sites is 1. The zero-order valence-electron chi connectivity index (χ0n) is 14.0. The first-order valence-corrected chi connectivity index (χ1v) is 7.85. The third kappa shape index (κ3) is 3.38. The summed E-state index contributed by atoms with van der Waals surface area (Å²) in [7, 11) is 1.76. The van der Waals surface area contributed by atoms with Crippen molar-refractivity contribution in [3.63, 3.8) is 0 Å². The van der Waals surface area contributed by atoms with Gasteiger partial charge in [-0.25, -0.2) is 9.07 Å². The molecule has 0 unspecified atom stereocenters. The second-order valence-corrected chi connectivity index (χ2v) is 5.79. The Morgan fingerprint density at radius 1 is 1.08 bits per heavy atom. The molecule has 0 radical (unpaired) electrons. The molecule has 0 atom stereocenters. The van der Waals surface area contributed by atoms with Crippen molar-refractivity contribution >= 4 is 11.6 Å². The van der Waals surface area contributed by atoms with Crippen LogP contribution in [0.1, 0.15) is 11.3 Å². The van der Waals surface area contributed by atoms with Gasteiger partial charge in [-0.05, 0) is 36.8 Å². The molecule has 0 spiro atoms. The van der Waals surface area contributed by atoms with Crippen LogP contribution in [0.25, 0.3) is 5.69 Å². The van der Waals surface area contributed by atoms with Gasteiger partial charge in [0.05, 0.1) is 17.8 Å². The summed E-state index contributed by atoms with van der Waals surface area (Å²) in [5.41, 5.74) is 2.01. The summed E-state index contributed by atoms with van der Waals surface area (Å²) in [5.74, 6) is -0.675. The summed E-state index contributed by atoms with van der Waals surface area (Å²) in [6.07, 6.45) is 0.0688. The van der Waals surface area contributed by atoms with E-state index in [9.17, 15) is 14.0 Å². The lowest BCUT2D eigenvalue weighted by Crippen LogP contribution is -2.23. The van der Waals surface area contributed by atoms with Gasteiger partial charge in [0.2, 0.25) is 5.91 Å². The van der Waals surface area contributed by atoms with Crippen LogP contribution in [0, 0.1) is 12.7 Å². The van der Waals surface area contributed by atoms with Crippen molar-refractivity contribution in [2.45, 2.75) is 13.3 Å². The van der Waals surface area contributed by atoms with E-state index in [2.05, 4.69) is 5.32 Å². The molecule has 0 aliphatic heterocycles. The van der Waals surface area contributed by atoms with Crippen molar-refractivity contribution < 1.29 is 9.18 Å². The molecular formula is C19H18FN3O2. The van der Waals surface area contributed by atoms with Crippen LogP contribution in [0.2, 0.25) is 0 Å². The summed E-state index contributed by atoms with van der Waals surface area (Å²) in [4.78, 5) is 25.0. The smallest absolute Gasteiger partial charge is 0.295 e. The number of anilines is 1. The number of carbonyl (C=O) groups is 1. The molecule has 1 amide bonds. The van der Waals surface area contributed by atoms with Gasteiger partial charge in [0.15, 0.2) is 0 Å². The first kappa shape index (κ1) is 16.7. The number of amides is 1. The van der Waals surface area contributed by atoms with E-state index in [1.54, 1.807) is 30.8 Å². The average Bonchev–Trinajstić information content (AvgIpc) is 2.81. The Bertz CT molecular complexity index is 957. The number of nitrogens with zero attached hydrogens (tertiary/aromatic N) is 2. The van der Waals surface area contributed by atoms with Crippen LogP contribution in [-0.4, -0.2) is 15.3 Å². The van der Waals surface area contributed by atoms with Crippen LogP contribution in [0.4, 0.5) is 10.1 Å². The summed E-state index contributed by atoms with van der Waals surface area (Å²) in [5, 5.41) is 2.69. The maximum absolute atomic E-state index is 12.9. The van der Waals surface area contributed by atoms with Gasteiger partial charge in [-0.1, -0.05) is 30.3 Å². The summed E-state index contributed by atoms with van der Waals surface area (Å²) < 4.78 is 16.1. The van der Waals surface area contributed by atoms with E-state index in [0.717, 1.165) is 5.69 Å². The summed E-state index contributed by atoms with van der Waals surface area (Å²) in [6, 6.07) is 14.9. The standard InChI is InChI=1S/C19H18FN3O2/c1-13-18(21-17(24)12-14-8-10-15(20)11-9-14)19(25)23(22(13)2)16-6-4-3-5-7-16/h3-11H,12H2,1-2H3,(H,21,24). The quantitative estimate of drug-likeness (QED) is 0.795. The Balaban J connectivity index is 1.87. The van der Waals surface area contributed by atoms with Crippen molar-refractivity contribution in [1.29, 1.82) is 0 Å². The molecule has 0 aliphatic carbocycles. The monoisotopic (exact) mass is 339 g/mol. The molecule has 0 bridgehead atoms. The maximum Gasteiger partial charge on any atom is 0.295 e. The fourth-order valence-corrected chi connectivity index (χ4v) is 2.68. The van der Waals surface area contributed by atoms with Crippen molar-refractivity contribution in [2.24, 2.45) is 7.05 Å². The lowest BCUT2D eigenvalue weighted by atomic mass is 10.1. The number of rotatable bonds is 4. The van der Waals surface area contributed by atoms with Crippen LogP contribution in [-0.2, 0) is 18.3 Å². The fraction of sp³-hybridized carbons (Fsp3) is 0.158. The fourth-order valence-electron chi connectivity index (χ4n) is 2.68. The molecule has 1 aromatic heterocycles. The van der Waals surface area contributed by atoms with Crippen LogP contribution in [0.5, 0.6) is 0 Å². The number of hydrogen-bond donors (Lipinski definition) is 1. The second kappa shape index (κ2) is 6.76. The molecule has 25 heavy (non-hydrogen) atoms. The van der Waals surface area contributed by atoms with Crippen molar-refractivity contribution in [3.8, 4) is 5.69 Å². The molecule has 3 rings (SSSR count). The third-order valence-electron chi connectivity index (χ3n) is 4.10. The molecule has 1 N–H and O–H groups in total. The highest BCUT2D eigenvalue weighted by Crippen LogP contribution is 2.14. The van der Waals surface area contributed by atoms with Gasteiger partial charge in [0.25, 0.3) is 5.56 Å². The molecular weight excluding hydrogens is 321 g/mol. The molecule has 1 heterocycles. The topological polar surface area (TPSA) is 56.0 Å². The Morgan fingerprint density at radius 2 is 1.72 bits per heavy atom. The van der Waals surface area contributed by atoms with E-state index >= 15 is 0 Å². The zero-order chi connectivity index (χ0) is 18.0. The van der Waals surface area contributed by atoms with Gasteiger partial charge >= 0.3 is 0 Å². The number of carbonyl (C=O) groups excluding carboxylic acids is 1. The first-order valence-electron chi connectivity index (χ1n) is 7.85. The number of benzene rings is 2. The molecule has 2 aromatic carbocycles. The Labute approximate surface area is 144 Å². The molecule has 3 aromatic rings. The average molecular weight is 339 g/mol. The van der Waals surface area contributed by atoms with Gasteiger partial charge in [-0.15, -0.1) is 0 Å². The Morgan fingerprint density at radius 3 is 2.36 bits per heavy atom. The lowest BCUT2D eigenvalue weighted by Gasteiger charge is -2.07. The van der Waals surface area contributed by atoms with E-state index in [1.165, 1.54) is 16.8 Å². The van der Waals surface area contributed by atoms with Gasteiger partial charge in [0.1, 0.15) is 11.5 Å². The number of halogens is 1. The summed E-state index contributed by atoms with van der Waals surface area (Å²) >= 11 is 0. The minimum atomic E-state index is -0.353. The van der Waals surface area contributed by atoms with Crippen LogP contribution in [0.15, 0.2) is 59.4 Å². The number of aromatic nitrogens is 2. The molecule has 5 nitrogen and oxygen atoms in total. The largest absolute Gasteiger partial charge is 0.320 e. The van der Waals surface area contributed by atoms with E-state index in [4.69, 9.17) is 0 Å². The van der Waals surface area contributed by atoms with Gasteiger partial charge in [-0.3, -0.25) is 14.3 Å². The highest BCUT2D eigenvalue weighted by molar-refractivity contribution is 5.92. The van der Waals surface area contributed by atoms with E-state index in [1.807, 2.05) is 30.3 Å². The Hall–Kier alpha value is -3.15. The molecule has 0 fully saturated rings. The highest BCUT2D eigenvalue weighted by atomic mass is 19.1. The minimum absolute atomic E-state index is 0.0688. The third-order valence-corrected chi connectivity index (χ3v) is 4.10. The SMILES string of the molecule is Cc1c(NC(=O)Cc2ccc(F)cc2)c(=O)n(-c2ccccc2)n1C. The second-order valence-electron chi connectivity index (χ2n) is 5.79. The molecule has 0 saturated heterocycles. The number of nitrogens with one attached hydrogen (secondary N) is 1. The first-order chi connectivity index (χ1) is 12.0. The zero-order valence-corrected chi connectivity index (χ0v) is 14.0. The van der Waals surface area contributed by atoms with Gasteiger partial charge < -0.3 is 5.32 Å². The van der Waals surface area contributed by atoms with Crippen LogP contribution in [0.3, 0.4) is 0 Å². The number of hydrogen-bond acceptors (Lipinski definition) is 2. The van der Waals surface area contributed by atoms with Crippen LogP contribution < -0.4 is 10.9 Å². The Kier molecular flexibility index (Phi) is 4.52. The van der Waals surface area contributed by atoms with Crippen molar-refractivity contribution in [3.05, 3.63) is 82.0 Å². The van der Waals surface area contributed by atoms with E-state index < -0.39 is 0 Å². The highest BCUT2D eigenvalue weighted by Gasteiger charge is 2.18. The van der Waals surface area contributed by atoms with Gasteiger partial charge in [-0.2, -0.15) is 0 Å². The molecule has 128 valence electrons. The maximum atomic E-state index is 12.9.